The molecule has 1 aromatic carbocycles. The molecule has 7 heteroatoms. The molecular weight excluding hydrogens is 307 g/mol. The van der Waals surface area contributed by atoms with E-state index in [-0.39, 0.29) is 18.7 Å². The molecule has 1 unspecified atom stereocenters. The van der Waals surface area contributed by atoms with Crippen molar-refractivity contribution in [2.75, 3.05) is 23.9 Å². The number of aliphatic hydroxyl groups excluding tert-OH is 1. The lowest BCUT2D eigenvalue weighted by molar-refractivity contribution is 0.241. The van der Waals surface area contributed by atoms with E-state index < -0.39 is 0 Å². The minimum absolute atomic E-state index is 0.0362. The van der Waals surface area contributed by atoms with Crippen molar-refractivity contribution < 1.29 is 9.90 Å². The van der Waals surface area contributed by atoms with Crippen LogP contribution in [0.15, 0.2) is 18.2 Å². The predicted octanol–water partition coefficient (Wildman–Crippen LogP) is 3.23. The molecule has 4 nitrogen and oxygen atoms in total. The van der Waals surface area contributed by atoms with Gasteiger partial charge in [0.2, 0.25) is 0 Å². The third-order valence-corrected chi connectivity index (χ3v) is 3.47. The monoisotopic (exact) mass is 322 g/mol. The van der Waals surface area contributed by atoms with Gasteiger partial charge in [-0.15, -0.1) is 0 Å². The lowest BCUT2D eigenvalue weighted by Gasteiger charge is -2.17. The Morgan fingerprint density at radius 1 is 1.37 bits per heavy atom. The number of rotatable bonds is 6. The van der Waals surface area contributed by atoms with Crippen LogP contribution < -0.4 is 10.6 Å². The second-order valence-corrected chi connectivity index (χ2v) is 5.70. The van der Waals surface area contributed by atoms with E-state index in [1.807, 2.05) is 6.26 Å². The molecule has 0 bridgehead atoms. The van der Waals surface area contributed by atoms with E-state index >= 15 is 0 Å². The van der Waals surface area contributed by atoms with E-state index in [2.05, 4.69) is 10.6 Å². The molecule has 1 atom stereocenters. The van der Waals surface area contributed by atoms with Gasteiger partial charge in [0.1, 0.15) is 0 Å². The van der Waals surface area contributed by atoms with Gasteiger partial charge in [-0.1, -0.05) is 23.2 Å². The lowest BCUT2D eigenvalue weighted by Crippen LogP contribution is -2.40. The number of amides is 2. The average molecular weight is 323 g/mol. The summed E-state index contributed by atoms with van der Waals surface area (Å²) in [6, 6.07) is 4.40. The maximum atomic E-state index is 11.8. The van der Waals surface area contributed by atoms with E-state index in [4.69, 9.17) is 28.3 Å². The smallest absolute Gasteiger partial charge is 0.319 e. The minimum Gasteiger partial charge on any atom is -0.396 e. The molecular formula is C12H16Cl2N2O2S. The summed E-state index contributed by atoms with van der Waals surface area (Å²) in [5, 5.41) is 15.3. The number of hydrogen-bond acceptors (Lipinski definition) is 3. The summed E-state index contributed by atoms with van der Waals surface area (Å²) in [5.41, 5.74) is 0.530. The molecule has 0 aliphatic carbocycles. The Bertz CT molecular complexity index is 406. The first kappa shape index (κ1) is 16.4. The maximum absolute atomic E-state index is 11.8. The van der Waals surface area contributed by atoms with Crippen LogP contribution in [0.4, 0.5) is 10.5 Å². The first-order valence-corrected chi connectivity index (χ1v) is 7.83. The number of halogens is 2. The largest absolute Gasteiger partial charge is 0.396 e. The number of hydrogen-bond donors (Lipinski definition) is 3. The molecule has 0 saturated heterocycles. The molecule has 0 radical (unpaired) electrons. The number of anilines is 1. The van der Waals surface area contributed by atoms with Crippen molar-refractivity contribution in [1.29, 1.82) is 0 Å². The summed E-state index contributed by atoms with van der Waals surface area (Å²) in [4.78, 5) is 11.8. The molecule has 3 N–H and O–H groups in total. The zero-order valence-electron chi connectivity index (χ0n) is 10.5. The number of carbonyl (C=O) groups is 1. The van der Waals surface area contributed by atoms with Crippen molar-refractivity contribution >= 4 is 46.7 Å². The van der Waals surface area contributed by atoms with Crippen molar-refractivity contribution in [2.45, 2.75) is 12.5 Å². The molecule has 0 spiro atoms. The van der Waals surface area contributed by atoms with Gasteiger partial charge in [-0.3, -0.25) is 0 Å². The van der Waals surface area contributed by atoms with Gasteiger partial charge in [0.05, 0.1) is 0 Å². The second-order valence-electron chi connectivity index (χ2n) is 3.92. The number of carbonyl (C=O) groups excluding carboxylic acids is 1. The van der Waals surface area contributed by atoms with Crippen LogP contribution in [0.2, 0.25) is 10.0 Å². The number of thioether (sulfide) groups is 1. The second kappa shape index (κ2) is 8.53. The van der Waals surface area contributed by atoms with Gasteiger partial charge in [0.15, 0.2) is 0 Å². The number of nitrogens with one attached hydrogen (secondary N) is 2. The van der Waals surface area contributed by atoms with Crippen LogP contribution in [-0.2, 0) is 0 Å². The van der Waals surface area contributed by atoms with Crippen LogP contribution in [0.5, 0.6) is 0 Å². The molecule has 2 amide bonds. The Labute approximate surface area is 126 Å². The molecule has 0 aliphatic heterocycles. The topological polar surface area (TPSA) is 61.4 Å². The summed E-state index contributed by atoms with van der Waals surface area (Å²) in [6.07, 6.45) is 2.46. The highest BCUT2D eigenvalue weighted by Gasteiger charge is 2.11. The first-order chi connectivity index (χ1) is 9.05. The van der Waals surface area contributed by atoms with Gasteiger partial charge in [0.25, 0.3) is 0 Å². The highest BCUT2D eigenvalue weighted by Crippen LogP contribution is 2.22. The third-order valence-electron chi connectivity index (χ3n) is 2.30. The predicted molar refractivity (Wildman–Crippen MR) is 82.5 cm³/mol. The Balaban J connectivity index is 2.58. The molecule has 0 aliphatic rings. The van der Waals surface area contributed by atoms with E-state index in [1.165, 1.54) is 0 Å². The zero-order chi connectivity index (χ0) is 14.3. The van der Waals surface area contributed by atoms with Gasteiger partial charge in [-0.05, 0) is 30.9 Å². The Morgan fingerprint density at radius 3 is 2.53 bits per heavy atom. The standard InChI is InChI=1S/C12H16Cl2N2O2S/c1-19-7-10(2-3-17)15-12(18)16-11-5-8(13)4-9(14)6-11/h4-6,10,17H,2-3,7H2,1H3,(H2,15,16,18). The zero-order valence-corrected chi connectivity index (χ0v) is 12.8. The van der Waals surface area contributed by atoms with Gasteiger partial charge < -0.3 is 15.7 Å². The van der Waals surface area contributed by atoms with Crippen molar-refractivity contribution in [1.82, 2.24) is 5.32 Å². The molecule has 1 aromatic rings. The maximum Gasteiger partial charge on any atom is 0.319 e. The van der Waals surface area contributed by atoms with Crippen molar-refractivity contribution in [2.24, 2.45) is 0 Å². The van der Waals surface area contributed by atoms with Crippen LogP contribution in [0.1, 0.15) is 6.42 Å². The number of aliphatic hydroxyl groups is 1. The number of urea groups is 1. The fourth-order valence-electron chi connectivity index (χ4n) is 1.53. The Kier molecular flexibility index (Phi) is 7.38. The normalized spacial score (nSPS) is 12.0. The molecule has 0 saturated carbocycles. The highest BCUT2D eigenvalue weighted by molar-refractivity contribution is 7.98. The minimum atomic E-state index is -0.342. The fourth-order valence-corrected chi connectivity index (χ4v) is 2.71. The highest BCUT2D eigenvalue weighted by atomic mass is 35.5. The summed E-state index contributed by atoms with van der Waals surface area (Å²) >= 11 is 13.3. The lowest BCUT2D eigenvalue weighted by atomic mass is 10.2. The molecule has 106 valence electrons. The van der Waals surface area contributed by atoms with E-state index in [0.717, 1.165) is 5.75 Å². The molecule has 0 aromatic heterocycles. The summed E-state index contributed by atoms with van der Waals surface area (Å²) in [7, 11) is 0. The van der Waals surface area contributed by atoms with Crippen LogP contribution in [-0.4, -0.2) is 35.8 Å². The average Bonchev–Trinajstić information content (AvgIpc) is 2.27. The molecule has 0 heterocycles. The van der Waals surface area contributed by atoms with Crippen molar-refractivity contribution in [3.63, 3.8) is 0 Å². The van der Waals surface area contributed by atoms with Crippen molar-refractivity contribution in [3.05, 3.63) is 28.2 Å². The van der Waals surface area contributed by atoms with Crippen LogP contribution in [0.25, 0.3) is 0 Å². The van der Waals surface area contributed by atoms with E-state index in [9.17, 15) is 4.79 Å². The molecule has 0 fully saturated rings. The Morgan fingerprint density at radius 2 is 2.00 bits per heavy atom. The van der Waals surface area contributed by atoms with Crippen LogP contribution >= 0.6 is 35.0 Å². The van der Waals surface area contributed by atoms with Gasteiger partial charge in [-0.25, -0.2) is 4.79 Å². The van der Waals surface area contributed by atoms with Crippen molar-refractivity contribution in [3.8, 4) is 0 Å². The van der Waals surface area contributed by atoms with Crippen LogP contribution in [0, 0.1) is 0 Å². The third kappa shape index (κ3) is 6.38. The first-order valence-electron chi connectivity index (χ1n) is 5.68. The van der Waals surface area contributed by atoms with Gasteiger partial charge >= 0.3 is 6.03 Å². The van der Waals surface area contributed by atoms with Crippen LogP contribution in [0.3, 0.4) is 0 Å². The number of benzene rings is 1. The summed E-state index contributed by atoms with van der Waals surface area (Å²) in [6.45, 7) is 0.0362. The van der Waals surface area contributed by atoms with E-state index in [0.29, 0.717) is 22.2 Å². The summed E-state index contributed by atoms with van der Waals surface area (Å²) < 4.78 is 0. The molecule has 19 heavy (non-hydrogen) atoms. The quantitative estimate of drug-likeness (QED) is 0.753. The molecule has 1 rings (SSSR count). The Hall–Kier alpha value is -0.620. The van der Waals surface area contributed by atoms with Gasteiger partial charge in [0, 0.05) is 34.1 Å². The fraction of sp³-hybridized carbons (Fsp3) is 0.417. The van der Waals surface area contributed by atoms with E-state index in [1.54, 1.807) is 30.0 Å². The van der Waals surface area contributed by atoms with Gasteiger partial charge in [-0.2, -0.15) is 11.8 Å². The summed E-state index contributed by atoms with van der Waals surface area (Å²) in [5.74, 6) is 0.740. The SMILES string of the molecule is CSCC(CCO)NC(=O)Nc1cc(Cl)cc(Cl)c1.